The predicted octanol–water partition coefficient (Wildman–Crippen LogP) is 0.838. The molecule has 8 nitrogen and oxygen atoms in total. The molecular weight excluding hydrogens is 394 g/mol. The van der Waals surface area contributed by atoms with Crippen molar-refractivity contribution >= 4 is 21.8 Å². The van der Waals surface area contributed by atoms with Gasteiger partial charge in [-0.3, -0.25) is 9.59 Å². The van der Waals surface area contributed by atoms with E-state index in [-0.39, 0.29) is 35.3 Å². The maximum atomic E-state index is 12.9. The smallest absolute Gasteiger partial charge is 0.254 e. The summed E-state index contributed by atoms with van der Waals surface area (Å²) in [6.45, 7) is 2.88. The normalized spacial score (nSPS) is 22.7. The van der Waals surface area contributed by atoms with Crippen LogP contribution in [0.25, 0.3) is 0 Å². The number of carbonyl (C=O) groups is 2. The van der Waals surface area contributed by atoms with E-state index in [1.54, 1.807) is 17.0 Å². The van der Waals surface area contributed by atoms with Crippen molar-refractivity contribution in [2.24, 2.45) is 5.92 Å². The third-order valence-electron chi connectivity index (χ3n) is 5.72. The standard InChI is InChI=1S/C20H27N3O5S/c24-19(15-6-7-15)22-8-10-23(11-9-22)20(25)16-3-1-5-18(13-16)29(26,27)21-14-17-4-2-12-28-17/h1,3,5,13,15,17,21H,2,4,6-12,14H2/t17-/m0/s1. The van der Waals surface area contributed by atoms with Gasteiger partial charge >= 0.3 is 0 Å². The molecule has 1 aliphatic carbocycles. The first-order valence-electron chi connectivity index (χ1n) is 10.2. The van der Waals surface area contributed by atoms with E-state index in [0.29, 0.717) is 38.3 Å². The highest BCUT2D eigenvalue weighted by Gasteiger charge is 2.35. The maximum Gasteiger partial charge on any atom is 0.254 e. The van der Waals surface area contributed by atoms with Crippen LogP contribution in [-0.4, -0.2) is 75.5 Å². The van der Waals surface area contributed by atoms with E-state index >= 15 is 0 Å². The van der Waals surface area contributed by atoms with Crippen LogP contribution >= 0.6 is 0 Å². The molecule has 2 heterocycles. The molecule has 1 saturated carbocycles. The van der Waals surface area contributed by atoms with Crippen LogP contribution in [-0.2, 0) is 19.6 Å². The molecule has 2 aliphatic heterocycles. The molecule has 0 bridgehead atoms. The highest BCUT2D eigenvalue weighted by atomic mass is 32.2. The lowest BCUT2D eigenvalue weighted by molar-refractivity contribution is -0.134. The van der Waals surface area contributed by atoms with Gasteiger partial charge in [-0.05, 0) is 43.9 Å². The van der Waals surface area contributed by atoms with Crippen LogP contribution in [0.4, 0.5) is 0 Å². The summed E-state index contributed by atoms with van der Waals surface area (Å²) in [5, 5.41) is 0. The highest BCUT2D eigenvalue weighted by molar-refractivity contribution is 7.89. The van der Waals surface area contributed by atoms with Crippen LogP contribution in [0.15, 0.2) is 29.2 Å². The lowest BCUT2D eigenvalue weighted by Crippen LogP contribution is -2.51. The van der Waals surface area contributed by atoms with Crippen molar-refractivity contribution in [1.82, 2.24) is 14.5 Å². The number of sulfonamides is 1. The first kappa shape index (κ1) is 20.3. The fourth-order valence-corrected chi connectivity index (χ4v) is 4.90. The Morgan fingerprint density at radius 2 is 1.79 bits per heavy atom. The van der Waals surface area contributed by atoms with Gasteiger partial charge < -0.3 is 14.5 Å². The number of hydrogen-bond donors (Lipinski definition) is 1. The third-order valence-corrected chi connectivity index (χ3v) is 7.14. The summed E-state index contributed by atoms with van der Waals surface area (Å²) in [7, 11) is -3.71. The van der Waals surface area contributed by atoms with Gasteiger partial charge in [0, 0.05) is 50.8 Å². The van der Waals surface area contributed by atoms with Crippen molar-refractivity contribution in [3.8, 4) is 0 Å². The quantitative estimate of drug-likeness (QED) is 0.734. The summed E-state index contributed by atoms with van der Waals surface area (Å²) in [5.74, 6) is 0.170. The number of piperazine rings is 1. The SMILES string of the molecule is O=C(c1cccc(S(=O)(=O)NC[C@@H]2CCCO2)c1)N1CCN(C(=O)C2CC2)CC1. The molecule has 9 heteroatoms. The second-order valence-electron chi connectivity index (χ2n) is 7.91. The molecule has 1 N–H and O–H groups in total. The minimum absolute atomic E-state index is 0.0731. The van der Waals surface area contributed by atoms with E-state index < -0.39 is 10.0 Å². The number of carbonyl (C=O) groups excluding carboxylic acids is 2. The second kappa shape index (κ2) is 8.41. The molecule has 3 aliphatic rings. The molecule has 158 valence electrons. The number of nitrogens with one attached hydrogen (secondary N) is 1. The van der Waals surface area contributed by atoms with Gasteiger partial charge in [0.25, 0.3) is 5.91 Å². The van der Waals surface area contributed by atoms with E-state index in [2.05, 4.69) is 4.72 Å². The zero-order chi connectivity index (χ0) is 20.4. The number of amides is 2. The van der Waals surface area contributed by atoms with Gasteiger partial charge in [0.15, 0.2) is 0 Å². The second-order valence-corrected chi connectivity index (χ2v) is 9.67. The summed E-state index contributed by atoms with van der Waals surface area (Å²) in [4.78, 5) is 28.6. The highest BCUT2D eigenvalue weighted by Crippen LogP contribution is 2.31. The Morgan fingerprint density at radius 1 is 1.07 bits per heavy atom. The fraction of sp³-hybridized carbons (Fsp3) is 0.600. The summed E-state index contributed by atoms with van der Waals surface area (Å²) >= 11 is 0. The van der Waals surface area contributed by atoms with Crippen LogP contribution in [0.3, 0.4) is 0 Å². The maximum absolute atomic E-state index is 12.9. The molecule has 4 rings (SSSR count). The number of benzene rings is 1. The van der Waals surface area contributed by atoms with Crippen molar-refractivity contribution < 1.29 is 22.7 Å². The summed E-state index contributed by atoms with van der Waals surface area (Å²) in [6.07, 6.45) is 3.64. The molecule has 2 saturated heterocycles. The molecule has 2 amide bonds. The molecule has 29 heavy (non-hydrogen) atoms. The number of hydrogen-bond acceptors (Lipinski definition) is 5. The average Bonchev–Trinajstić information content (AvgIpc) is 3.47. The minimum atomic E-state index is -3.71. The monoisotopic (exact) mass is 421 g/mol. The first-order valence-corrected chi connectivity index (χ1v) is 11.7. The van der Waals surface area contributed by atoms with Crippen LogP contribution in [0, 0.1) is 5.92 Å². The molecule has 1 aromatic rings. The van der Waals surface area contributed by atoms with Crippen molar-refractivity contribution in [3.05, 3.63) is 29.8 Å². The first-order chi connectivity index (χ1) is 13.9. The van der Waals surface area contributed by atoms with Gasteiger partial charge in [0.2, 0.25) is 15.9 Å². The van der Waals surface area contributed by atoms with E-state index in [9.17, 15) is 18.0 Å². The summed E-state index contributed by atoms with van der Waals surface area (Å²) < 4.78 is 33.2. The molecule has 1 atom stereocenters. The zero-order valence-electron chi connectivity index (χ0n) is 16.4. The Hall–Kier alpha value is -1.97. The number of ether oxygens (including phenoxy) is 1. The van der Waals surface area contributed by atoms with Crippen molar-refractivity contribution in [2.45, 2.75) is 36.7 Å². The molecular formula is C20H27N3O5S. The zero-order valence-corrected chi connectivity index (χ0v) is 17.2. The van der Waals surface area contributed by atoms with Gasteiger partial charge in [0.05, 0.1) is 11.0 Å². The molecule has 3 fully saturated rings. The molecule has 1 aromatic carbocycles. The van der Waals surface area contributed by atoms with E-state index in [4.69, 9.17) is 4.74 Å². The van der Waals surface area contributed by atoms with Gasteiger partial charge in [-0.2, -0.15) is 0 Å². The lowest BCUT2D eigenvalue weighted by atomic mass is 10.1. The van der Waals surface area contributed by atoms with Crippen molar-refractivity contribution in [3.63, 3.8) is 0 Å². The third kappa shape index (κ3) is 4.79. The van der Waals surface area contributed by atoms with Gasteiger partial charge in [-0.25, -0.2) is 13.1 Å². The minimum Gasteiger partial charge on any atom is -0.377 e. The van der Waals surface area contributed by atoms with Crippen LogP contribution in [0.2, 0.25) is 0 Å². The van der Waals surface area contributed by atoms with Crippen LogP contribution < -0.4 is 4.72 Å². The average molecular weight is 422 g/mol. The van der Waals surface area contributed by atoms with Crippen molar-refractivity contribution in [2.75, 3.05) is 39.3 Å². The Bertz CT molecular complexity index is 870. The molecule has 0 radical (unpaired) electrons. The van der Waals surface area contributed by atoms with Crippen LogP contribution in [0.1, 0.15) is 36.0 Å². The fourth-order valence-electron chi connectivity index (χ4n) is 3.79. The Morgan fingerprint density at radius 3 is 2.45 bits per heavy atom. The Balaban J connectivity index is 1.37. The molecule has 0 unspecified atom stereocenters. The van der Waals surface area contributed by atoms with E-state index in [0.717, 1.165) is 25.7 Å². The van der Waals surface area contributed by atoms with Crippen LogP contribution in [0.5, 0.6) is 0 Å². The Kier molecular flexibility index (Phi) is 5.89. The lowest BCUT2D eigenvalue weighted by Gasteiger charge is -2.35. The summed E-state index contributed by atoms with van der Waals surface area (Å²) in [6, 6.07) is 6.12. The van der Waals surface area contributed by atoms with E-state index in [1.807, 2.05) is 4.90 Å². The largest absolute Gasteiger partial charge is 0.377 e. The van der Waals surface area contributed by atoms with Gasteiger partial charge in [-0.15, -0.1) is 0 Å². The number of nitrogens with zero attached hydrogens (tertiary/aromatic N) is 2. The van der Waals surface area contributed by atoms with Gasteiger partial charge in [0.1, 0.15) is 0 Å². The topological polar surface area (TPSA) is 96.0 Å². The van der Waals surface area contributed by atoms with Crippen molar-refractivity contribution in [1.29, 1.82) is 0 Å². The molecule has 0 aromatic heterocycles. The predicted molar refractivity (Wildman–Crippen MR) is 106 cm³/mol. The Labute approximate surface area is 171 Å². The molecule has 0 spiro atoms. The van der Waals surface area contributed by atoms with E-state index in [1.165, 1.54) is 12.1 Å². The van der Waals surface area contributed by atoms with Gasteiger partial charge in [-0.1, -0.05) is 6.07 Å². The summed E-state index contributed by atoms with van der Waals surface area (Å²) in [5.41, 5.74) is 0.340. The number of rotatable bonds is 6.